The molecular formula is C21H25N7O3. The number of hydrogen-bond acceptors (Lipinski definition) is 8. The number of aliphatic hydroxyl groups is 1. The number of aromatic nitrogens is 6. The molecule has 0 aromatic carbocycles. The molecule has 4 aromatic rings. The van der Waals surface area contributed by atoms with Crippen molar-refractivity contribution in [1.82, 2.24) is 29.5 Å². The maximum atomic E-state index is 8.92. The molecule has 10 heteroatoms. The Morgan fingerprint density at radius 3 is 2.94 bits per heavy atom. The Kier molecular flexibility index (Phi) is 5.39. The van der Waals surface area contributed by atoms with E-state index in [0.717, 1.165) is 47.8 Å². The minimum absolute atomic E-state index is 0.0663. The van der Waals surface area contributed by atoms with E-state index in [4.69, 9.17) is 14.6 Å². The zero-order chi connectivity index (χ0) is 21.2. The number of H-pyrrole nitrogens is 1. The normalized spacial score (nSPS) is 19.2. The van der Waals surface area contributed by atoms with Crippen LogP contribution in [0.1, 0.15) is 25.7 Å². The van der Waals surface area contributed by atoms with Crippen molar-refractivity contribution in [3.63, 3.8) is 0 Å². The highest BCUT2D eigenvalue weighted by Crippen LogP contribution is 2.35. The van der Waals surface area contributed by atoms with E-state index in [2.05, 4.69) is 30.4 Å². The number of aliphatic hydroxyl groups excluding tert-OH is 1. The van der Waals surface area contributed by atoms with Crippen LogP contribution in [0.4, 0.5) is 5.95 Å². The number of methoxy groups -OCH3 is 1. The number of fused-ring (bicyclic) bond motifs is 2. The molecule has 1 saturated carbocycles. The Hall–Kier alpha value is -3.24. The minimum atomic E-state index is 0.0663. The van der Waals surface area contributed by atoms with E-state index in [0.29, 0.717) is 24.1 Å². The first-order valence-electron chi connectivity index (χ1n) is 10.5. The molecule has 0 unspecified atom stereocenters. The van der Waals surface area contributed by atoms with Gasteiger partial charge in [0.25, 0.3) is 0 Å². The molecule has 0 atom stereocenters. The van der Waals surface area contributed by atoms with Gasteiger partial charge in [-0.25, -0.2) is 9.50 Å². The van der Waals surface area contributed by atoms with Gasteiger partial charge in [-0.15, -0.1) is 0 Å². The van der Waals surface area contributed by atoms with Crippen LogP contribution in [0.3, 0.4) is 0 Å². The summed E-state index contributed by atoms with van der Waals surface area (Å²) in [5.41, 5.74) is 3.41. The van der Waals surface area contributed by atoms with Crippen LogP contribution in [-0.4, -0.2) is 67.1 Å². The van der Waals surface area contributed by atoms with E-state index in [-0.39, 0.29) is 18.8 Å². The van der Waals surface area contributed by atoms with Crippen molar-refractivity contribution >= 4 is 22.6 Å². The third-order valence-electron chi connectivity index (χ3n) is 5.74. The summed E-state index contributed by atoms with van der Waals surface area (Å²) in [7, 11) is 1.62. The van der Waals surface area contributed by atoms with Crippen molar-refractivity contribution in [1.29, 1.82) is 0 Å². The Bertz CT molecular complexity index is 1180. The van der Waals surface area contributed by atoms with E-state index in [1.54, 1.807) is 11.6 Å². The molecule has 1 aliphatic carbocycles. The SMILES string of the molecule is COc1nc(NC2CCC(OCCO)CC2)nc2[nH]cc(-c3ccn4ncnc4c3)c12. The van der Waals surface area contributed by atoms with Gasteiger partial charge < -0.3 is 24.9 Å². The number of pyridine rings is 1. The summed E-state index contributed by atoms with van der Waals surface area (Å²) in [6, 6.07) is 4.23. The number of nitrogens with zero attached hydrogens (tertiary/aromatic N) is 5. The predicted octanol–water partition coefficient (Wildman–Crippen LogP) is 2.41. The summed E-state index contributed by atoms with van der Waals surface area (Å²) in [6.07, 6.45) is 9.38. The van der Waals surface area contributed by atoms with E-state index in [9.17, 15) is 0 Å². The molecule has 4 heterocycles. The summed E-state index contributed by atoms with van der Waals surface area (Å²) in [5.74, 6) is 1.07. The van der Waals surface area contributed by atoms with Gasteiger partial charge in [0.05, 0.1) is 31.8 Å². The highest BCUT2D eigenvalue weighted by molar-refractivity contribution is 5.98. The maximum Gasteiger partial charge on any atom is 0.228 e. The van der Waals surface area contributed by atoms with E-state index < -0.39 is 0 Å². The lowest BCUT2D eigenvalue weighted by Gasteiger charge is -2.29. The topological polar surface area (TPSA) is 122 Å². The van der Waals surface area contributed by atoms with Crippen LogP contribution in [-0.2, 0) is 4.74 Å². The van der Waals surface area contributed by atoms with Crippen LogP contribution < -0.4 is 10.1 Å². The smallest absolute Gasteiger partial charge is 0.228 e. The molecule has 1 fully saturated rings. The standard InChI is InChI=1S/C21H25N7O3/c1-30-20-18-16(13-6-7-28-17(10-13)23-12-24-28)11-22-19(18)26-21(27-20)25-14-2-4-15(5-3-14)31-9-8-29/h6-7,10-12,14-15,29H,2-5,8-9H2,1H3,(H2,22,25,26,27). The molecule has 31 heavy (non-hydrogen) atoms. The molecular weight excluding hydrogens is 398 g/mol. The third kappa shape index (κ3) is 3.91. The van der Waals surface area contributed by atoms with Crippen molar-refractivity contribution in [2.24, 2.45) is 0 Å². The molecule has 0 aliphatic heterocycles. The molecule has 5 rings (SSSR count). The molecule has 0 amide bonds. The van der Waals surface area contributed by atoms with Gasteiger partial charge in [0.1, 0.15) is 12.0 Å². The van der Waals surface area contributed by atoms with Crippen molar-refractivity contribution in [2.75, 3.05) is 25.6 Å². The van der Waals surface area contributed by atoms with Crippen LogP contribution >= 0.6 is 0 Å². The molecule has 1 aliphatic rings. The lowest BCUT2D eigenvalue weighted by Crippen LogP contribution is -2.30. The average Bonchev–Trinajstić information content (AvgIpc) is 3.44. The fraction of sp³-hybridized carbons (Fsp3) is 0.429. The molecule has 4 aromatic heterocycles. The fourth-order valence-electron chi connectivity index (χ4n) is 4.20. The fourth-order valence-corrected chi connectivity index (χ4v) is 4.20. The first kappa shape index (κ1) is 19.7. The monoisotopic (exact) mass is 423 g/mol. The van der Waals surface area contributed by atoms with Crippen molar-refractivity contribution in [3.05, 3.63) is 30.9 Å². The minimum Gasteiger partial charge on any atom is -0.480 e. The zero-order valence-corrected chi connectivity index (χ0v) is 17.3. The second-order valence-electron chi connectivity index (χ2n) is 7.67. The van der Waals surface area contributed by atoms with Crippen LogP contribution in [0.25, 0.3) is 27.8 Å². The van der Waals surface area contributed by atoms with Crippen molar-refractivity contribution in [3.8, 4) is 17.0 Å². The van der Waals surface area contributed by atoms with Crippen molar-refractivity contribution < 1.29 is 14.6 Å². The van der Waals surface area contributed by atoms with Gasteiger partial charge in [0.15, 0.2) is 5.65 Å². The number of ether oxygens (including phenoxy) is 2. The molecule has 3 N–H and O–H groups in total. The summed E-state index contributed by atoms with van der Waals surface area (Å²) < 4.78 is 13.0. The Balaban J connectivity index is 1.38. The molecule has 162 valence electrons. The van der Waals surface area contributed by atoms with Crippen molar-refractivity contribution in [2.45, 2.75) is 37.8 Å². The predicted molar refractivity (Wildman–Crippen MR) is 115 cm³/mol. The number of anilines is 1. The number of hydrogen-bond donors (Lipinski definition) is 3. The quantitative estimate of drug-likeness (QED) is 0.414. The second-order valence-corrected chi connectivity index (χ2v) is 7.67. The van der Waals surface area contributed by atoms with Gasteiger partial charge >= 0.3 is 0 Å². The number of rotatable bonds is 7. The molecule has 0 radical (unpaired) electrons. The van der Waals surface area contributed by atoms with Gasteiger partial charge in [-0.2, -0.15) is 15.1 Å². The summed E-state index contributed by atoms with van der Waals surface area (Å²) in [5, 5.41) is 17.3. The van der Waals surface area contributed by atoms with E-state index >= 15 is 0 Å². The number of nitrogens with one attached hydrogen (secondary N) is 2. The second kappa shape index (κ2) is 8.48. The summed E-state index contributed by atoms with van der Waals surface area (Å²) >= 11 is 0. The first-order chi connectivity index (χ1) is 15.2. The van der Waals surface area contributed by atoms with E-state index in [1.807, 2.05) is 24.5 Å². The van der Waals surface area contributed by atoms with E-state index in [1.165, 1.54) is 6.33 Å². The first-order valence-corrected chi connectivity index (χ1v) is 10.5. The Morgan fingerprint density at radius 2 is 2.13 bits per heavy atom. The van der Waals surface area contributed by atoms with Gasteiger partial charge in [-0.1, -0.05) is 0 Å². The highest BCUT2D eigenvalue weighted by Gasteiger charge is 2.23. The van der Waals surface area contributed by atoms with Gasteiger partial charge in [-0.05, 0) is 43.4 Å². The van der Waals surface area contributed by atoms with Crippen LogP contribution in [0, 0.1) is 0 Å². The molecule has 0 spiro atoms. The highest BCUT2D eigenvalue weighted by atomic mass is 16.5. The molecule has 10 nitrogen and oxygen atoms in total. The molecule has 0 saturated heterocycles. The summed E-state index contributed by atoms with van der Waals surface area (Å²) in [4.78, 5) is 16.8. The summed E-state index contributed by atoms with van der Waals surface area (Å²) in [6.45, 7) is 0.468. The van der Waals surface area contributed by atoms with Gasteiger partial charge in [-0.3, -0.25) is 0 Å². The van der Waals surface area contributed by atoms with Gasteiger partial charge in [0.2, 0.25) is 11.8 Å². The largest absolute Gasteiger partial charge is 0.480 e. The zero-order valence-electron chi connectivity index (χ0n) is 17.3. The van der Waals surface area contributed by atoms with Crippen LogP contribution in [0.2, 0.25) is 0 Å². The third-order valence-corrected chi connectivity index (χ3v) is 5.74. The Morgan fingerprint density at radius 1 is 1.26 bits per heavy atom. The average molecular weight is 423 g/mol. The van der Waals surface area contributed by atoms with Gasteiger partial charge in [0, 0.05) is 24.0 Å². The van der Waals surface area contributed by atoms with Crippen LogP contribution in [0.15, 0.2) is 30.9 Å². The maximum absolute atomic E-state index is 8.92. The van der Waals surface area contributed by atoms with Crippen LogP contribution in [0.5, 0.6) is 5.88 Å². The molecule has 0 bridgehead atoms. The lowest BCUT2D eigenvalue weighted by molar-refractivity contribution is 0.00719. The number of aromatic amines is 1. The lowest BCUT2D eigenvalue weighted by atomic mass is 9.93. The Labute approximate surface area is 178 Å².